The average Bonchev–Trinajstić information content (AvgIpc) is 3.69. The predicted molar refractivity (Wildman–Crippen MR) is 146 cm³/mol. The molecular weight excluding hydrogens is 456 g/mol. The Labute approximate surface area is 218 Å². The molecule has 4 aromatic carbocycles. The summed E-state index contributed by atoms with van der Waals surface area (Å²) in [4.78, 5) is 0. The molecule has 0 amide bonds. The standard InChI is InChI=1S/C34H32O3/c1-36-32-22-10-6-7-11-23(22)33(37-2)31-25-18-24(30(31)32)28-26-16-17-27(29(25)28)34(26,35)21-14-12-20(13-15-21)19-8-4-3-5-9-19/h3-15,24-29,35H,16-18H2,1-2H3/t24-,25+,26+,27-,28-,29+,34?. The predicted octanol–water partition coefficient (Wildman–Crippen LogP) is 7.27. The van der Waals surface area contributed by atoms with Crippen LogP contribution in [0.2, 0.25) is 0 Å². The lowest BCUT2D eigenvalue weighted by atomic mass is 9.68. The van der Waals surface area contributed by atoms with Gasteiger partial charge in [-0.15, -0.1) is 0 Å². The van der Waals surface area contributed by atoms with Crippen LogP contribution in [-0.4, -0.2) is 19.3 Å². The van der Waals surface area contributed by atoms with Crippen LogP contribution in [0.5, 0.6) is 11.5 Å². The molecule has 0 aromatic heterocycles. The van der Waals surface area contributed by atoms with Crippen LogP contribution in [0, 0.1) is 23.7 Å². The van der Waals surface area contributed by atoms with Crippen molar-refractivity contribution in [2.75, 3.05) is 14.2 Å². The van der Waals surface area contributed by atoms with E-state index >= 15 is 0 Å². The van der Waals surface area contributed by atoms with E-state index in [-0.39, 0.29) is 11.8 Å². The van der Waals surface area contributed by atoms with E-state index in [2.05, 4.69) is 78.9 Å². The van der Waals surface area contributed by atoms with Gasteiger partial charge in [0.1, 0.15) is 11.5 Å². The fourth-order valence-electron chi connectivity index (χ4n) is 9.47. The Hall–Kier alpha value is -3.30. The Kier molecular flexibility index (Phi) is 4.48. The van der Waals surface area contributed by atoms with E-state index in [1.165, 1.54) is 22.3 Å². The Balaban J connectivity index is 1.24. The van der Waals surface area contributed by atoms with E-state index in [1.807, 2.05) is 14.2 Å². The highest BCUT2D eigenvalue weighted by molar-refractivity contribution is 5.97. The highest BCUT2D eigenvalue weighted by Gasteiger charge is 2.71. The number of rotatable bonds is 4. The number of benzene rings is 4. The van der Waals surface area contributed by atoms with Gasteiger partial charge in [0.25, 0.3) is 0 Å². The highest BCUT2D eigenvalue weighted by atomic mass is 16.5. The molecule has 0 heterocycles. The smallest absolute Gasteiger partial charge is 0.130 e. The first-order chi connectivity index (χ1) is 18.2. The molecule has 0 aliphatic heterocycles. The van der Waals surface area contributed by atoms with Gasteiger partial charge in [0.15, 0.2) is 0 Å². The van der Waals surface area contributed by atoms with Crippen LogP contribution in [0.25, 0.3) is 21.9 Å². The van der Waals surface area contributed by atoms with Crippen LogP contribution in [0.1, 0.15) is 47.8 Å². The van der Waals surface area contributed by atoms with Crippen molar-refractivity contribution in [1.82, 2.24) is 0 Å². The van der Waals surface area contributed by atoms with Crippen molar-refractivity contribution in [3.05, 3.63) is 95.6 Å². The zero-order valence-electron chi connectivity index (χ0n) is 21.4. The first-order valence-electron chi connectivity index (χ1n) is 13.7. The maximum Gasteiger partial charge on any atom is 0.130 e. The van der Waals surface area contributed by atoms with E-state index in [9.17, 15) is 5.11 Å². The fourth-order valence-corrected chi connectivity index (χ4v) is 9.47. The van der Waals surface area contributed by atoms with Crippen molar-refractivity contribution in [2.24, 2.45) is 23.7 Å². The van der Waals surface area contributed by atoms with Crippen molar-refractivity contribution in [3.63, 3.8) is 0 Å². The van der Waals surface area contributed by atoms with Gasteiger partial charge >= 0.3 is 0 Å². The zero-order chi connectivity index (χ0) is 24.9. The summed E-state index contributed by atoms with van der Waals surface area (Å²) in [6.07, 6.45) is 3.37. The molecule has 0 radical (unpaired) electrons. The summed E-state index contributed by atoms with van der Waals surface area (Å²) in [6, 6.07) is 27.8. The van der Waals surface area contributed by atoms with Crippen molar-refractivity contribution >= 4 is 10.8 Å². The summed E-state index contributed by atoms with van der Waals surface area (Å²) in [5, 5.41) is 14.8. The van der Waals surface area contributed by atoms with Crippen molar-refractivity contribution < 1.29 is 14.6 Å². The van der Waals surface area contributed by atoms with E-state index in [0.29, 0.717) is 23.7 Å². The second-order valence-corrected chi connectivity index (χ2v) is 11.6. The Morgan fingerprint density at radius 3 is 1.65 bits per heavy atom. The molecule has 3 heteroatoms. The van der Waals surface area contributed by atoms with Gasteiger partial charge in [-0.25, -0.2) is 0 Å². The average molecular weight is 489 g/mol. The van der Waals surface area contributed by atoms with Crippen LogP contribution in [0.15, 0.2) is 78.9 Å². The normalized spacial score (nSPS) is 32.5. The third kappa shape index (κ3) is 2.61. The molecule has 37 heavy (non-hydrogen) atoms. The van der Waals surface area contributed by atoms with Gasteiger partial charge in [-0.2, -0.15) is 0 Å². The van der Waals surface area contributed by atoms with Crippen molar-refractivity contribution in [1.29, 1.82) is 0 Å². The number of hydrogen-bond donors (Lipinski definition) is 1. The lowest BCUT2D eigenvalue weighted by molar-refractivity contribution is -0.0231. The molecule has 7 atom stereocenters. The Morgan fingerprint density at radius 1 is 0.649 bits per heavy atom. The lowest BCUT2D eigenvalue weighted by Crippen LogP contribution is -2.33. The summed E-state index contributed by atoms with van der Waals surface area (Å²) in [5.74, 6) is 4.45. The largest absolute Gasteiger partial charge is 0.496 e. The highest BCUT2D eigenvalue weighted by Crippen LogP contribution is 2.77. The molecule has 4 bridgehead atoms. The quantitative estimate of drug-likeness (QED) is 0.307. The van der Waals surface area contributed by atoms with Crippen LogP contribution in [0.3, 0.4) is 0 Å². The van der Waals surface area contributed by atoms with Gasteiger partial charge in [0.05, 0.1) is 19.8 Å². The molecule has 0 saturated heterocycles. The number of fused-ring (bicyclic) bond motifs is 13. The number of aliphatic hydroxyl groups is 1. The van der Waals surface area contributed by atoms with Crippen LogP contribution in [0.4, 0.5) is 0 Å². The SMILES string of the molecule is COc1c2c(c(OC)c3ccccc13)[C@@H]1C[C@H]2[C@@H]2[C@H]1[C@@H]1CC[C@H]2C1(O)c1ccc(-c2ccccc2)cc1. The van der Waals surface area contributed by atoms with E-state index in [0.717, 1.165) is 47.1 Å². The molecule has 3 saturated carbocycles. The first kappa shape index (κ1) is 21.8. The summed E-state index contributed by atoms with van der Waals surface area (Å²) < 4.78 is 12.2. The minimum Gasteiger partial charge on any atom is -0.496 e. The van der Waals surface area contributed by atoms with E-state index < -0.39 is 5.60 Å². The monoisotopic (exact) mass is 488 g/mol. The molecule has 3 fully saturated rings. The summed E-state index contributed by atoms with van der Waals surface area (Å²) in [5.41, 5.74) is 5.47. The molecule has 1 N–H and O–H groups in total. The zero-order valence-corrected chi connectivity index (χ0v) is 21.4. The maximum atomic E-state index is 12.6. The van der Waals surface area contributed by atoms with Gasteiger partial charge in [-0.05, 0) is 71.5 Å². The lowest BCUT2D eigenvalue weighted by Gasteiger charge is -2.37. The first-order valence-corrected chi connectivity index (χ1v) is 13.7. The minimum atomic E-state index is -0.761. The Bertz CT molecular complexity index is 1450. The van der Waals surface area contributed by atoms with Crippen LogP contribution in [-0.2, 0) is 5.60 Å². The minimum absolute atomic E-state index is 0.287. The van der Waals surface area contributed by atoms with Gasteiger partial charge in [0, 0.05) is 21.9 Å². The maximum absolute atomic E-state index is 12.6. The summed E-state index contributed by atoms with van der Waals surface area (Å²) in [7, 11) is 3.62. The number of ether oxygens (including phenoxy) is 2. The third-order valence-electron chi connectivity index (χ3n) is 10.5. The molecule has 4 aliphatic rings. The molecule has 4 aromatic rings. The summed E-state index contributed by atoms with van der Waals surface area (Å²) >= 11 is 0. The van der Waals surface area contributed by atoms with Gasteiger partial charge < -0.3 is 14.6 Å². The van der Waals surface area contributed by atoms with Crippen molar-refractivity contribution in [2.45, 2.75) is 36.7 Å². The molecule has 1 unspecified atom stereocenters. The van der Waals surface area contributed by atoms with Gasteiger partial charge in [-0.1, -0.05) is 78.9 Å². The van der Waals surface area contributed by atoms with E-state index in [4.69, 9.17) is 9.47 Å². The van der Waals surface area contributed by atoms with Crippen LogP contribution >= 0.6 is 0 Å². The second kappa shape index (κ2) is 7.61. The number of methoxy groups -OCH3 is 2. The van der Waals surface area contributed by atoms with Gasteiger partial charge in [0.2, 0.25) is 0 Å². The molecule has 8 rings (SSSR count). The van der Waals surface area contributed by atoms with Crippen molar-refractivity contribution in [3.8, 4) is 22.6 Å². The second-order valence-electron chi connectivity index (χ2n) is 11.6. The number of hydrogen-bond acceptors (Lipinski definition) is 3. The molecule has 4 aliphatic carbocycles. The van der Waals surface area contributed by atoms with Crippen LogP contribution < -0.4 is 9.47 Å². The molecule has 0 spiro atoms. The molecular formula is C34H32O3. The van der Waals surface area contributed by atoms with Gasteiger partial charge in [-0.3, -0.25) is 0 Å². The Morgan fingerprint density at radius 2 is 1.14 bits per heavy atom. The molecule has 186 valence electrons. The topological polar surface area (TPSA) is 38.7 Å². The molecule has 3 nitrogen and oxygen atoms in total. The van der Waals surface area contributed by atoms with E-state index in [1.54, 1.807) is 0 Å². The third-order valence-corrected chi connectivity index (χ3v) is 10.5. The summed E-state index contributed by atoms with van der Waals surface area (Å²) in [6.45, 7) is 0. The fraction of sp³-hybridized carbons (Fsp3) is 0.353.